The number of aromatic nitrogens is 2. The van der Waals surface area contributed by atoms with Gasteiger partial charge in [0.25, 0.3) is 0 Å². The molecule has 5 nitrogen and oxygen atoms in total. The standard InChI is InChI=1S/C20H23ClN4O/c1-3-11-25-13-15(17-5-4-9-22-19(17)25)8-10-23-20(26)24-16-7-6-14(2)18(21)12-16/h4-7,9,12-13H,3,8,10-11H2,1-2H3,(H2,23,24,26). The SMILES string of the molecule is CCCn1cc(CCNC(=O)Nc2ccc(C)c(Cl)c2)c2cccnc21. The molecule has 0 saturated heterocycles. The largest absolute Gasteiger partial charge is 0.338 e. The van der Waals surface area contributed by atoms with Crippen molar-refractivity contribution in [3.8, 4) is 0 Å². The second kappa shape index (κ2) is 8.23. The summed E-state index contributed by atoms with van der Waals surface area (Å²) in [5.41, 5.74) is 3.86. The number of anilines is 1. The topological polar surface area (TPSA) is 59.0 Å². The van der Waals surface area contributed by atoms with Crippen LogP contribution >= 0.6 is 11.6 Å². The van der Waals surface area contributed by atoms with Crippen molar-refractivity contribution in [2.75, 3.05) is 11.9 Å². The molecule has 0 aliphatic heterocycles. The molecule has 0 radical (unpaired) electrons. The second-order valence-corrected chi connectivity index (χ2v) is 6.72. The zero-order valence-corrected chi connectivity index (χ0v) is 15.8. The molecule has 136 valence electrons. The number of pyridine rings is 1. The number of fused-ring (bicyclic) bond motifs is 1. The van der Waals surface area contributed by atoms with E-state index < -0.39 is 0 Å². The molecule has 2 aromatic heterocycles. The molecule has 0 spiro atoms. The van der Waals surface area contributed by atoms with E-state index in [1.54, 1.807) is 6.07 Å². The minimum absolute atomic E-state index is 0.236. The molecule has 26 heavy (non-hydrogen) atoms. The third kappa shape index (κ3) is 4.17. The Balaban J connectivity index is 1.60. The van der Waals surface area contributed by atoms with Gasteiger partial charge in [-0.05, 0) is 55.2 Å². The Morgan fingerprint density at radius 2 is 2.15 bits per heavy atom. The molecule has 1 aromatic carbocycles. The summed E-state index contributed by atoms with van der Waals surface area (Å²) in [5.74, 6) is 0. The highest BCUT2D eigenvalue weighted by atomic mass is 35.5. The summed E-state index contributed by atoms with van der Waals surface area (Å²) < 4.78 is 2.18. The Kier molecular flexibility index (Phi) is 5.78. The van der Waals surface area contributed by atoms with Gasteiger partial charge in [-0.2, -0.15) is 0 Å². The monoisotopic (exact) mass is 370 g/mol. The summed E-state index contributed by atoms with van der Waals surface area (Å²) in [5, 5.41) is 7.49. The van der Waals surface area contributed by atoms with Crippen molar-refractivity contribution in [2.24, 2.45) is 0 Å². The maximum Gasteiger partial charge on any atom is 0.319 e. The predicted molar refractivity (Wildman–Crippen MR) is 107 cm³/mol. The summed E-state index contributed by atoms with van der Waals surface area (Å²) in [6.07, 6.45) is 5.76. The predicted octanol–water partition coefficient (Wildman–Crippen LogP) is 4.77. The first-order valence-corrected chi connectivity index (χ1v) is 9.20. The van der Waals surface area contributed by atoms with Gasteiger partial charge in [0, 0.05) is 41.6 Å². The number of hydrogen-bond donors (Lipinski definition) is 2. The van der Waals surface area contributed by atoms with E-state index in [0.29, 0.717) is 17.3 Å². The lowest BCUT2D eigenvalue weighted by atomic mass is 10.1. The maximum absolute atomic E-state index is 12.1. The lowest BCUT2D eigenvalue weighted by Gasteiger charge is -2.08. The number of hydrogen-bond acceptors (Lipinski definition) is 2. The van der Waals surface area contributed by atoms with Gasteiger partial charge in [-0.15, -0.1) is 0 Å². The van der Waals surface area contributed by atoms with Gasteiger partial charge in [-0.25, -0.2) is 9.78 Å². The normalized spacial score (nSPS) is 10.9. The Morgan fingerprint density at radius 3 is 2.92 bits per heavy atom. The van der Waals surface area contributed by atoms with Crippen LogP contribution in [-0.2, 0) is 13.0 Å². The number of nitrogens with zero attached hydrogens (tertiary/aromatic N) is 2. The van der Waals surface area contributed by atoms with E-state index in [9.17, 15) is 4.79 Å². The average Bonchev–Trinajstić information content (AvgIpc) is 2.97. The number of carbonyl (C=O) groups is 1. The van der Waals surface area contributed by atoms with E-state index in [1.165, 1.54) is 5.56 Å². The second-order valence-electron chi connectivity index (χ2n) is 6.32. The van der Waals surface area contributed by atoms with Crippen molar-refractivity contribution in [2.45, 2.75) is 33.2 Å². The van der Waals surface area contributed by atoms with Crippen molar-refractivity contribution in [3.63, 3.8) is 0 Å². The van der Waals surface area contributed by atoms with Crippen molar-refractivity contribution >= 4 is 34.4 Å². The Hall–Kier alpha value is -2.53. The van der Waals surface area contributed by atoms with E-state index >= 15 is 0 Å². The summed E-state index contributed by atoms with van der Waals surface area (Å²) in [4.78, 5) is 16.6. The van der Waals surface area contributed by atoms with E-state index in [2.05, 4.69) is 39.4 Å². The van der Waals surface area contributed by atoms with Gasteiger partial charge in [0.2, 0.25) is 0 Å². The number of halogens is 1. The first kappa shape index (κ1) is 18.3. The number of carbonyl (C=O) groups excluding carboxylic acids is 1. The molecule has 0 bridgehead atoms. The summed E-state index contributed by atoms with van der Waals surface area (Å²) in [6, 6.07) is 9.26. The Bertz CT molecular complexity index is 919. The zero-order chi connectivity index (χ0) is 18.5. The minimum atomic E-state index is -0.236. The average molecular weight is 371 g/mol. The van der Waals surface area contributed by atoms with Gasteiger partial charge in [-0.1, -0.05) is 24.6 Å². The van der Waals surface area contributed by atoms with Crippen molar-refractivity contribution in [1.82, 2.24) is 14.9 Å². The molecule has 2 amide bonds. The molecule has 0 atom stereocenters. The lowest BCUT2D eigenvalue weighted by molar-refractivity contribution is 0.252. The molecule has 0 aliphatic carbocycles. The van der Waals surface area contributed by atoms with Crippen LogP contribution in [0, 0.1) is 6.92 Å². The Labute approximate surface area is 158 Å². The number of rotatable bonds is 6. The molecule has 6 heteroatoms. The van der Waals surface area contributed by atoms with Gasteiger partial charge in [0.05, 0.1) is 0 Å². The molecule has 2 N–H and O–H groups in total. The highest BCUT2D eigenvalue weighted by molar-refractivity contribution is 6.31. The molecular formula is C20H23ClN4O. The lowest BCUT2D eigenvalue weighted by Crippen LogP contribution is -2.30. The van der Waals surface area contributed by atoms with Gasteiger partial charge in [0.15, 0.2) is 0 Å². The van der Waals surface area contributed by atoms with Crippen LogP contribution in [0.4, 0.5) is 10.5 Å². The van der Waals surface area contributed by atoms with Crippen LogP contribution in [0.15, 0.2) is 42.7 Å². The molecule has 0 unspecified atom stereocenters. The molecule has 3 rings (SSSR count). The van der Waals surface area contributed by atoms with Crippen LogP contribution in [0.1, 0.15) is 24.5 Å². The molecule has 3 aromatic rings. The summed E-state index contributed by atoms with van der Waals surface area (Å²) in [7, 11) is 0. The first-order chi connectivity index (χ1) is 12.6. The number of amides is 2. The van der Waals surface area contributed by atoms with Crippen LogP contribution in [-0.4, -0.2) is 22.1 Å². The van der Waals surface area contributed by atoms with Crippen molar-refractivity contribution in [1.29, 1.82) is 0 Å². The van der Waals surface area contributed by atoms with Crippen molar-refractivity contribution in [3.05, 3.63) is 58.9 Å². The van der Waals surface area contributed by atoms with Crippen LogP contribution < -0.4 is 10.6 Å². The third-order valence-corrected chi connectivity index (χ3v) is 4.70. The quantitative estimate of drug-likeness (QED) is 0.656. The van der Waals surface area contributed by atoms with E-state index in [0.717, 1.165) is 36.0 Å². The molecule has 0 aliphatic rings. The van der Waals surface area contributed by atoms with Gasteiger partial charge in [0.1, 0.15) is 5.65 Å². The highest BCUT2D eigenvalue weighted by Gasteiger charge is 2.09. The minimum Gasteiger partial charge on any atom is -0.338 e. The summed E-state index contributed by atoms with van der Waals surface area (Å²) in [6.45, 7) is 5.56. The smallest absolute Gasteiger partial charge is 0.319 e. The zero-order valence-electron chi connectivity index (χ0n) is 15.1. The fourth-order valence-corrected chi connectivity index (χ4v) is 3.14. The van der Waals surface area contributed by atoms with E-state index in [-0.39, 0.29) is 6.03 Å². The van der Waals surface area contributed by atoms with Gasteiger partial charge in [-0.3, -0.25) is 0 Å². The third-order valence-electron chi connectivity index (χ3n) is 4.29. The van der Waals surface area contributed by atoms with Gasteiger partial charge >= 0.3 is 6.03 Å². The fraction of sp³-hybridized carbons (Fsp3) is 0.300. The number of aryl methyl sites for hydroxylation is 2. The molecule has 0 saturated carbocycles. The van der Waals surface area contributed by atoms with Crippen LogP contribution in [0.2, 0.25) is 5.02 Å². The maximum atomic E-state index is 12.1. The number of benzene rings is 1. The fourth-order valence-electron chi connectivity index (χ4n) is 2.96. The molecular weight excluding hydrogens is 348 g/mol. The number of urea groups is 1. The van der Waals surface area contributed by atoms with E-state index in [4.69, 9.17) is 11.6 Å². The van der Waals surface area contributed by atoms with Crippen LogP contribution in [0.5, 0.6) is 0 Å². The number of nitrogens with one attached hydrogen (secondary N) is 2. The van der Waals surface area contributed by atoms with Crippen LogP contribution in [0.25, 0.3) is 11.0 Å². The van der Waals surface area contributed by atoms with Crippen molar-refractivity contribution < 1.29 is 4.79 Å². The van der Waals surface area contributed by atoms with Crippen LogP contribution in [0.3, 0.4) is 0 Å². The summed E-state index contributed by atoms with van der Waals surface area (Å²) >= 11 is 6.09. The molecule has 2 heterocycles. The van der Waals surface area contributed by atoms with Gasteiger partial charge < -0.3 is 15.2 Å². The highest BCUT2D eigenvalue weighted by Crippen LogP contribution is 2.21. The molecule has 0 fully saturated rings. The Morgan fingerprint density at radius 1 is 1.31 bits per heavy atom. The first-order valence-electron chi connectivity index (χ1n) is 8.82. The van der Waals surface area contributed by atoms with E-state index in [1.807, 2.05) is 31.3 Å².